The second-order valence-electron chi connectivity index (χ2n) is 4.15. The number of oxazole rings is 1. The molecule has 102 valence electrons. The summed E-state index contributed by atoms with van der Waals surface area (Å²) in [6, 6.07) is 11.3. The zero-order valence-electron chi connectivity index (χ0n) is 10.7. The lowest BCUT2D eigenvalue weighted by Gasteiger charge is -2.07. The van der Waals surface area contributed by atoms with Gasteiger partial charge in [-0.25, -0.2) is 4.98 Å². The Morgan fingerprint density at radius 2 is 2.10 bits per heavy atom. The van der Waals surface area contributed by atoms with Crippen LogP contribution in [0.15, 0.2) is 52.4 Å². The van der Waals surface area contributed by atoms with Gasteiger partial charge in [0, 0.05) is 5.56 Å². The van der Waals surface area contributed by atoms with Crippen molar-refractivity contribution in [1.82, 2.24) is 4.98 Å². The first-order valence-electron chi connectivity index (χ1n) is 6.17. The molecule has 0 saturated carbocycles. The molecule has 0 aliphatic heterocycles. The number of benzene rings is 1. The summed E-state index contributed by atoms with van der Waals surface area (Å²) in [5, 5.41) is 11.2. The van der Waals surface area contributed by atoms with Crippen LogP contribution in [0.3, 0.4) is 0 Å². The van der Waals surface area contributed by atoms with E-state index in [0.29, 0.717) is 11.6 Å². The van der Waals surface area contributed by atoms with E-state index in [-0.39, 0.29) is 13.2 Å². The molecule has 0 fully saturated rings. The van der Waals surface area contributed by atoms with Gasteiger partial charge in [-0.2, -0.15) is 0 Å². The molecule has 0 radical (unpaired) electrons. The summed E-state index contributed by atoms with van der Waals surface area (Å²) in [7, 11) is 0. The molecule has 0 saturated heterocycles. The van der Waals surface area contributed by atoms with Gasteiger partial charge in [-0.05, 0) is 17.5 Å². The number of nitrogens with zero attached hydrogens (tertiary/aromatic N) is 1. The largest absolute Gasteiger partial charge is 0.483 e. The molecule has 4 nitrogen and oxygen atoms in total. The number of aromatic nitrogens is 1. The van der Waals surface area contributed by atoms with E-state index in [1.807, 2.05) is 41.8 Å². The van der Waals surface area contributed by atoms with Crippen molar-refractivity contribution in [2.24, 2.45) is 0 Å². The lowest BCUT2D eigenvalue weighted by atomic mass is 10.2. The molecule has 5 heteroatoms. The number of thiophene rings is 1. The maximum absolute atomic E-state index is 9.23. The van der Waals surface area contributed by atoms with Gasteiger partial charge < -0.3 is 14.3 Å². The van der Waals surface area contributed by atoms with E-state index in [9.17, 15) is 5.11 Å². The number of aliphatic hydroxyl groups excluding tert-OH is 1. The summed E-state index contributed by atoms with van der Waals surface area (Å²) >= 11 is 1.60. The molecule has 0 aliphatic rings. The molecule has 3 aromatic rings. The fourth-order valence-corrected chi connectivity index (χ4v) is 2.50. The number of rotatable bonds is 5. The third-order valence-electron chi connectivity index (χ3n) is 2.81. The van der Waals surface area contributed by atoms with Gasteiger partial charge in [-0.3, -0.25) is 0 Å². The molecule has 2 aromatic heterocycles. The molecule has 0 unspecified atom stereocenters. The summed E-state index contributed by atoms with van der Waals surface area (Å²) in [5.41, 5.74) is 0.748. The fourth-order valence-electron chi connectivity index (χ4n) is 1.82. The molecule has 2 heterocycles. The SMILES string of the molecule is OCc1ccccc1OCc1ncc(-c2cccs2)o1. The maximum atomic E-state index is 9.23. The zero-order chi connectivity index (χ0) is 13.8. The number of hydrogen-bond donors (Lipinski definition) is 1. The predicted octanol–water partition coefficient (Wildman–Crippen LogP) is 3.47. The van der Waals surface area contributed by atoms with Gasteiger partial charge in [0.25, 0.3) is 0 Å². The second-order valence-corrected chi connectivity index (χ2v) is 5.10. The molecule has 20 heavy (non-hydrogen) atoms. The molecule has 1 N–H and O–H groups in total. The number of hydrogen-bond acceptors (Lipinski definition) is 5. The van der Waals surface area contributed by atoms with E-state index in [0.717, 1.165) is 16.2 Å². The molecular formula is C15H13NO3S. The minimum atomic E-state index is -0.0534. The first-order chi connectivity index (χ1) is 9.86. The minimum absolute atomic E-state index is 0.0534. The Morgan fingerprint density at radius 1 is 1.20 bits per heavy atom. The minimum Gasteiger partial charge on any atom is -0.483 e. The van der Waals surface area contributed by atoms with Gasteiger partial charge >= 0.3 is 0 Å². The third-order valence-corrected chi connectivity index (χ3v) is 3.70. The van der Waals surface area contributed by atoms with Gasteiger partial charge in [0.2, 0.25) is 5.89 Å². The Hall–Kier alpha value is -2.11. The molecule has 0 atom stereocenters. The fraction of sp³-hybridized carbons (Fsp3) is 0.133. The third kappa shape index (κ3) is 2.74. The molecule has 3 rings (SSSR count). The smallest absolute Gasteiger partial charge is 0.232 e. The van der Waals surface area contributed by atoms with Crippen molar-refractivity contribution in [2.45, 2.75) is 13.2 Å². The van der Waals surface area contributed by atoms with Gasteiger partial charge in [0.15, 0.2) is 12.4 Å². The summed E-state index contributed by atoms with van der Waals surface area (Å²) in [6.45, 7) is 0.185. The van der Waals surface area contributed by atoms with Gasteiger partial charge in [0.1, 0.15) is 5.75 Å². The van der Waals surface area contributed by atoms with Crippen molar-refractivity contribution < 1.29 is 14.3 Å². The van der Waals surface area contributed by atoms with Gasteiger partial charge in [-0.15, -0.1) is 11.3 Å². The number of aliphatic hydroxyl groups is 1. The van der Waals surface area contributed by atoms with E-state index in [1.165, 1.54) is 0 Å². The highest BCUT2D eigenvalue weighted by Gasteiger charge is 2.09. The van der Waals surface area contributed by atoms with Crippen molar-refractivity contribution >= 4 is 11.3 Å². The average Bonchev–Trinajstić information content (AvgIpc) is 3.16. The maximum Gasteiger partial charge on any atom is 0.232 e. The topological polar surface area (TPSA) is 55.5 Å². The Balaban J connectivity index is 1.70. The Labute approximate surface area is 120 Å². The van der Waals surface area contributed by atoms with E-state index in [2.05, 4.69) is 4.98 Å². The van der Waals surface area contributed by atoms with Crippen LogP contribution in [0.25, 0.3) is 10.6 Å². The summed E-state index contributed by atoms with van der Waals surface area (Å²) in [6.07, 6.45) is 1.70. The monoisotopic (exact) mass is 287 g/mol. The van der Waals surface area contributed by atoms with Crippen molar-refractivity contribution in [3.63, 3.8) is 0 Å². The van der Waals surface area contributed by atoms with Crippen molar-refractivity contribution in [3.05, 3.63) is 59.4 Å². The number of ether oxygens (including phenoxy) is 1. The highest BCUT2D eigenvalue weighted by Crippen LogP contribution is 2.26. The summed E-state index contributed by atoms with van der Waals surface area (Å²) in [4.78, 5) is 5.24. The second kappa shape index (κ2) is 5.90. The average molecular weight is 287 g/mol. The van der Waals surface area contributed by atoms with Crippen molar-refractivity contribution in [1.29, 1.82) is 0 Å². The van der Waals surface area contributed by atoms with Crippen LogP contribution in [-0.4, -0.2) is 10.1 Å². The molecule has 0 aliphatic carbocycles. The lowest BCUT2D eigenvalue weighted by molar-refractivity contribution is 0.242. The van der Waals surface area contributed by atoms with Crippen molar-refractivity contribution in [2.75, 3.05) is 0 Å². The van der Waals surface area contributed by atoms with Crippen LogP contribution in [0.5, 0.6) is 5.75 Å². The molecule has 0 spiro atoms. The van der Waals surface area contributed by atoms with Crippen molar-refractivity contribution in [3.8, 4) is 16.4 Å². The van der Waals surface area contributed by atoms with Crippen LogP contribution in [0.2, 0.25) is 0 Å². The summed E-state index contributed by atoms with van der Waals surface area (Å²) < 4.78 is 11.3. The first kappa shape index (κ1) is 12.9. The van der Waals surface area contributed by atoms with E-state index in [1.54, 1.807) is 17.5 Å². The summed E-state index contributed by atoms with van der Waals surface area (Å²) in [5.74, 6) is 1.90. The Morgan fingerprint density at radius 3 is 2.90 bits per heavy atom. The van der Waals surface area contributed by atoms with Crippen LogP contribution < -0.4 is 4.74 Å². The highest BCUT2D eigenvalue weighted by atomic mass is 32.1. The Bertz CT molecular complexity index is 676. The van der Waals surface area contributed by atoms with E-state index in [4.69, 9.17) is 9.15 Å². The van der Waals surface area contributed by atoms with E-state index < -0.39 is 0 Å². The Kier molecular flexibility index (Phi) is 3.80. The first-order valence-corrected chi connectivity index (χ1v) is 7.05. The van der Waals surface area contributed by atoms with Crippen LogP contribution in [0.4, 0.5) is 0 Å². The lowest BCUT2D eigenvalue weighted by Crippen LogP contribution is -1.98. The predicted molar refractivity (Wildman–Crippen MR) is 76.5 cm³/mol. The van der Waals surface area contributed by atoms with E-state index >= 15 is 0 Å². The quantitative estimate of drug-likeness (QED) is 0.780. The van der Waals surface area contributed by atoms with Gasteiger partial charge in [0.05, 0.1) is 17.7 Å². The molecule has 0 bridgehead atoms. The molecular weight excluding hydrogens is 274 g/mol. The molecule has 1 aromatic carbocycles. The number of para-hydroxylation sites is 1. The zero-order valence-corrected chi connectivity index (χ0v) is 11.5. The van der Waals surface area contributed by atoms with Crippen LogP contribution in [0.1, 0.15) is 11.5 Å². The van der Waals surface area contributed by atoms with Crippen LogP contribution >= 0.6 is 11.3 Å². The van der Waals surface area contributed by atoms with Crippen LogP contribution in [-0.2, 0) is 13.2 Å². The van der Waals surface area contributed by atoms with Crippen LogP contribution in [0, 0.1) is 0 Å². The van der Waals surface area contributed by atoms with Gasteiger partial charge in [-0.1, -0.05) is 24.3 Å². The standard InChI is InChI=1S/C15H13NO3S/c17-9-11-4-1-2-5-12(11)18-10-15-16-8-13(19-15)14-6-3-7-20-14/h1-8,17H,9-10H2. The normalized spacial score (nSPS) is 10.7. The highest BCUT2D eigenvalue weighted by molar-refractivity contribution is 7.13. The molecule has 0 amide bonds.